The summed E-state index contributed by atoms with van der Waals surface area (Å²) in [5.74, 6) is -0.296. The van der Waals surface area contributed by atoms with Crippen molar-refractivity contribution < 1.29 is 18.8 Å². The molecule has 2 aromatic rings. The number of rotatable bonds is 5. The lowest BCUT2D eigenvalue weighted by Gasteiger charge is -2.22. The normalized spacial score (nSPS) is 10.5. The summed E-state index contributed by atoms with van der Waals surface area (Å²) in [4.78, 5) is 37.4. The fourth-order valence-electron chi connectivity index (χ4n) is 1.89. The van der Waals surface area contributed by atoms with Crippen LogP contribution >= 0.6 is 0 Å². The van der Waals surface area contributed by atoms with Gasteiger partial charge in [-0.15, -0.1) is 0 Å². The number of anilines is 1. The van der Waals surface area contributed by atoms with Crippen molar-refractivity contribution >= 4 is 30.2 Å². The van der Waals surface area contributed by atoms with Crippen LogP contribution in [0, 0.1) is 0 Å². The van der Waals surface area contributed by atoms with E-state index in [4.69, 9.17) is 4.42 Å². The van der Waals surface area contributed by atoms with E-state index in [9.17, 15) is 14.4 Å². The molecular weight excluding hydrogens is 296 g/mol. The molecule has 118 valence electrons. The van der Waals surface area contributed by atoms with E-state index in [1.165, 1.54) is 19.4 Å². The standard InChI is InChI=1S/C17H16N2O4/c1-18(16-8-5-13-23-16)17(22)19(11-12-20)15(21)10-9-14-6-3-2-4-7-14/h2-10,12-13H,11H2,1H3. The molecule has 0 aliphatic heterocycles. The van der Waals surface area contributed by atoms with Crippen LogP contribution < -0.4 is 4.90 Å². The highest BCUT2D eigenvalue weighted by atomic mass is 16.3. The highest BCUT2D eigenvalue weighted by molar-refractivity contribution is 6.07. The molecule has 1 aromatic carbocycles. The van der Waals surface area contributed by atoms with E-state index in [1.807, 2.05) is 30.3 Å². The van der Waals surface area contributed by atoms with Crippen LogP contribution in [0.1, 0.15) is 5.56 Å². The minimum atomic E-state index is -0.644. The molecule has 1 heterocycles. The lowest BCUT2D eigenvalue weighted by molar-refractivity contribution is -0.125. The number of urea groups is 1. The molecule has 0 unspecified atom stereocenters. The maximum atomic E-state index is 12.4. The first-order chi connectivity index (χ1) is 11.1. The van der Waals surface area contributed by atoms with Gasteiger partial charge in [0.2, 0.25) is 5.88 Å². The Hall–Kier alpha value is -3.15. The van der Waals surface area contributed by atoms with Gasteiger partial charge in [0.15, 0.2) is 0 Å². The van der Waals surface area contributed by atoms with Crippen LogP contribution in [0.15, 0.2) is 59.2 Å². The van der Waals surface area contributed by atoms with E-state index in [2.05, 4.69) is 0 Å². The maximum absolute atomic E-state index is 12.4. The van der Waals surface area contributed by atoms with Crippen LogP contribution in [-0.4, -0.2) is 36.7 Å². The molecule has 0 saturated heterocycles. The van der Waals surface area contributed by atoms with Gasteiger partial charge in [0.1, 0.15) is 6.29 Å². The van der Waals surface area contributed by atoms with Crippen LogP contribution in [0.4, 0.5) is 10.7 Å². The van der Waals surface area contributed by atoms with Crippen LogP contribution in [0.25, 0.3) is 6.08 Å². The highest BCUT2D eigenvalue weighted by Crippen LogP contribution is 2.14. The maximum Gasteiger partial charge on any atom is 0.333 e. The summed E-state index contributed by atoms with van der Waals surface area (Å²) < 4.78 is 5.11. The van der Waals surface area contributed by atoms with Gasteiger partial charge in [0.25, 0.3) is 5.91 Å². The summed E-state index contributed by atoms with van der Waals surface area (Å²) in [7, 11) is 1.47. The molecule has 0 bridgehead atoms. The topological polar surface area (TPSA) is 70.8 Å². The number of hydrogen-bond acceptors (Lipinski definition) is 4. The third-order valence-corrected chi connectivity index (χ3v) is 3.10. The van der Waals surface area contributed by atoms with Gasteiger partial charge in [0, 0.05) is 19.2 Å². The molecule has 0 saturated carbocycles. The predicted octanol–water partition coefficient (Wildman–Crippen LogP) is 2.58. The number of benzene rings is 1. The Kier molecular flexibility index (Phi) is 5.46. The number of hydrogen-bond donors (Lipinski definition) is 0. The quantitative estimate of drug-likeness (QED) is 0.628. The lowest BCUT2D eigenvalue weighted by atomic mass is 10.2. The van der Waals surface area contributed by atoms with E-state index in [1.54, 1.807) is 18.2 Å². The van der Waals surface area contributed by atoms with Gasteiger partial charge in [-0.25, -0.2) is 4.79 Å². The average Bonchev–Trinajstić information content (AvgIpc) is 3.11. The second-order valence-electron chi connectivity index (χ2n) is 4.65. The molecule has 6 nitrogen and oxygen atoms in total. The summed E-state index contributed by atoms with van der Waals surface area (Å²) in [6.45, 7) is -0.332. The van der Waals surface area contributed by atoms with E-state index in [0.717, 1.165) is 15.4 Å². The van der Waals surface area contributed by atoms with E-state index >= 15 is 0 Å². The highest BCUT2D eigenvalue weighted by Gasteiger charge is 2.24. The van der Waals surface area contributed by atoms with Crippen molar-refractivity contribution in [2.45, 2.75) is 0 Å². The van der Waals surface area contributed by atoms with Gasteiger partial charge in [-0.05, 0) is 17.7 Å². The molecule has 6 heteroatoms. The third-order valence-electron chi connectivity index (χ3n) is 3.10. The first-order valence-corrected chi connectivity index (χ1v) is 6.93. The van der Waals surface area contributed by atoms with Crippen LogP contribution in [0.3, 0.4) is 0 Å². The largest absolute Gasteiger partial charge is 0.448 e. The zero-order valence-electron chi connectivity index (χ0n) is 12.6. The number of aldehydes is 1. The van der Waals surface area contributed by atoms with Crippen molar-refractivity contribution in [2.24, 2.45) is 0 Å². The van der Waals surface area contributed by atoms with Crippen molar-refractivity contribution in [2.75, 3.05) is 18.5 Å². The number of imide groups is 1. The summed E-state index contributed by atoms with van der Waals surface area (Å²) in [5.41, 5.74) is 0.818. The minimum absolute atomic E-state index is 0.283. The predicted molar refractivity (Wildman–Crippen MR) is 85.8 cm³/mol. The first kappa shape index (κ1) is 16.2. The number of carbonyl (C=O) groups is 3. The number of carbonyl (C=O) groups excluding carboxylic acids is 3. The van der Waals surface area contributed by atoms with Crippen molar-refractivity contribution in [3.8, 4) is 0 Å². The monoisotopic (exact) mass is 312 g/mol. The van der Waals surface area contributed by atoms with E-state index < -0.39 is 11.9 Å². The minimum Gasteiger partial charge on any atom is -0.448 e. The van der Waals surface area contributed by atoms with Crippen molar-refractivity contribution in [1.82, 2.24) is 4.90 Å². The third kappa shape index (κ3) is 4.16. The summed E-state index contributed by atoms with van der Waals surface area (Å²) in [6.07, 6.45) is 4.76. The summed E-state index contributed by atoms with van der Waals surface area (Å²) in [6, 6.07) is 11.7. The summed E-state index contributed by atoms with van der Waals surface area (Å²) >= 11 is 0. The van der Waals surface area contributed by atoms with Gasteiger partial charge in [-0.1, -0.05) is 30.3 Å². The average molecular weight is 312 g/mol. The molecule has 0 spiro atoms. The van der Waals surface area contributed by atoms with E-state index in [-0.39, 0.29) is 12.4 Å². The fourth-order valence-corrected chi connectivity index (χ4v) is 1.89. The molecule has 0 N–H and O–H groups in total. The van der Waals surface area contributed by atoms with Gasteiger partial charge in [-0.3, -0.25) is 14.6 Å². The Morgan fingerprint density at radius 3 is 2.48 bits per heavy atom. The Morgan fingerprint density at radius 1 is 1.13 bits per heavy atom. The molecule has 3 amide bonds. The molecular formula is C17H16N2O4. The molecule has 0 atom stereocenters. The van der Waals surface area contributed by atoms with Crippen LogP contribution in [0.5, 0.6) is 0 Å². The first-order valence-electron chi connectivity index (χ1n) is 6.93. The smallest absolute Gasteiger partial charge is 0.333 e. The summed E-state index contributed by atoms with van der Waals surface area (Å²) in [5, 5.41) is 0. The molecule has 0 aliphatic rings. The number of amides is 3. The Bertz CT molecular complexity index is 693. The number of nitrogens with zero attached hydrogens (tertiary/aromatic N) is 2. The molecule has 0 radical (unpaired) electrons. The lowest BCUT2D eigenvalue weighted by Crippen LogP contribution is -2.45. The SMILES string of the molecule is CN(C(=O)N(CC=O)C(=O)C=Cc1ccccc1)c1ccco1. The molecule has 1 aromatic heterocycles. The Balaban J connectivity index is 2.13. The van der Waals surface area contributed by atoms with Gasteiger partial charge in [-0.2, -0.15) is 0 Å². The second kappa shape index (κ2) is 7.74. The Morgan fingerprint density at radius 2 is 1.87 bits per heavy atom. The van der Waals surface area contributed by atoms with Gasteiger partial charge >= 0.3 is 6.03 Å². The van der Waals surface area contributed by atoms with Gasteiger partial charge in [0.05, 0.1) is 12.8 Å². The zero-order valence-corrected chi connectivity index (χ0v) is 12.6. The molecule has 2 rings (SSSR count). The van der Waals surface area contributed by atoms with Crippen molar-refractivity contribution in [3.05, 3.63) is 60.4 Å². The molecule has 0 fully saturated rings. The van der Waals surface area contributed by atoms with Crippen LogP contribution in [0.2, 0.25) is 0 Å². The molecule has 23 heavy (non-hydrogen) atoms. The second-order valence-corrected chi connectivity index (χ2v) is 4.65. The molecule has 0 aliphatic carbocycles. The number of furan rings is 1. The fraction of sp³-hybridized carbons (Fsp3) is 0.118. The van der Waals surface area contributed by atoms with Gasteiger partial charge < -0.3 is 9.21 Å². The Labute approximate surface area is 133 Å². The van der Waals surface area contributed by atoms with Crippen LogP contribution in [-0.2, 0) is 9.59 Å². The zero-order chi connectivity index (χ0) is 16.7. The van der Waals surface area contributed by atoms with Crippen molar-refractivity contribution in [1.29, 1.82) is 0 Å². The van der Waals surface area contributed by atoms with Crippen molar-refractivity contribution in [3.63, 3.8) is 0 Å². The van der Waals surface area contributed by atoms with E-state index in [0.29, 0.717) is 6.29 Å².